The molecule has 1 aromatic heterocycles. The highest BCUT2D eigenvalue weighted by Crippen LogP contribution is 2.20. The number of ether oxygens (including phenoxy) is 1. The summed E-state index contributed by atoms with van der Waals surface area (Å²) in [7, 11) is 0. The Morgan fingerprint density at radius 1 is 1.73 bits per heavy atom. The molecule has 0 aliphatic carbocycles. The predicted molar refractivity (Wildman–Crippen MR) is 41.7 cm³/mol. The Morgan fingerprint density at radius 2 is 2.45 bits per heavy atom. The fraction of sp³-hybridized carbons (Fsp3) is 0. The largest absolute Gasteiger partial charge is 0.475 e. The first-order chi connectivity index (χ1) is 5.20. The molecule has 0 spiro atoms. The van der Waals surface area contributed by atoms with Crippen molar-refractivity contribution in [1.29, 1.82) is 0 Å². The second kappa shape index (κ2) is 3.21. The molecular weight excluding hydrogens is 164 g/mol. The highest BCUT2D eigenvalue weighted by molar-refractivity contribution is 7.11. The summed E-state index contributed by atoms with van der Waals surface area (Å²) in [5.41, 5.74) is 0. The van der Waals surface area contributed by atoms with E-state index in [0.29, 0.717) is 5.06 Å². The van der Waals surface area contributed by atoms with Crippen molar-refractivity contribution in [2.75, 3.05) is 0 Å². The molecule has 3 nitrogen and oxygen atoms in total. The molecule has 1 aromatic rings. The number of carbonyl (C=O) groups is 1. The number of carboxylic acids is 1. The molecule has 0 bridgehead atoms. The standard InChI is InChI=1S/C7H6O3S/c1-5(7(8)9)10-6-3-2-4-11-6/h2-4H,1H2,(H,8,9). The van der Waals surface area contributed by atoms with Gasteiger partial charge in [-0.3, -0.25) is 0 Å². The van der Waals surface area contributed by atoms with Crippen LogP contribution in [-0.4, -0.2) is 11.1 Å². The van der Waals surface area contributed by atoms with Gasteiger partial charge in [-0.2, -0.15) is 0 Å². The highest BCUT2D eigenvalue weighted by atomic mass is 32.1. The summed E-state index contributed by atoms with van der Waals surface area (Å²) in [5, 5.41) is 10.7. The van der Waals surface area contributed by atoms with Crippen molar-refractivity contribution in [3.63, 3.8) is 0 Å². The lowest BCUT2D eigenvalue weighted by Gasteiger charge is -1.98. The number of hydrogen-bond donors (Lipinski definition) is 1. The SMILES string of the molecule is C=C(Oc1cccs1)C(=O)O. The van der Waals surface area contributed by atoms with Crippen LogP contribution in [0.5, 0.6) is 5.06 Å². The maximum atomic E-state index is 10.2. The molecule has 0 unspecified atom stereocenters. The first-order valence-electron chi connectivity index (χ1n) is 2.83. The van der Waals surface area contributed by atoms with Crippen LogP contribution in [0, 0.1) is 0 Å². The minimum atomic E-state index is -1.14. The first-order valence-corrected chi connectivity index (χ1v) is 3.71. The summed E-state index contributed by atoms with van der Waals surface area (Å²) in [6.07, 6.45) is 0. The van der Waals surface area contributed by atoms with E-state index in [0.717, 1.165) is 0 Å². The molecule has 0 saturated carbocycles. The third-order valence-corrected chi connectivity index (χ3v) is 1.70. The van der Waals surface area contributed by atoms with Gasteiger partial charge in [0, 0.05) is 0 Å². The third kappa shape index (κ3) is 2.09. The summed E-state index contributed by atoms with van der Waals surface area (Å²) in [5.74, 6) is -1.40. The topological polar surface area (TPSA) is 46.5 Å². The van der Waals surface area contributed by atoms with Crippen molar-refractivity contribution in [3.8, 4) is 5.06 Å². The smallest absolute Gasteiger partial charge is 0.371 e. The maximum Gasteiger partial charge on any atom is 0.371 e. The van der Waals surface area contributed by atoms with E-state index in [9.17, 15) is 4.79 Å². The summed E-state index contributed by atoms with van der Waals surface area (Å²) in [6.45, 7) is 3.21. The van der Waals surface area contributed by atoms with E-state index in [1.165, 1.54) is 11.3 Å². The monoisotopic (exact) mass is 170 g/mol. The molecule has 0 fully saturated rings. The van der Waals surface area contributed by atoms with Crippen molar-refractivity contribution in [1.82, 2.24) is 0 Å². The summed E-state index contributed by atoms with van der Waals surface area (Å²) < 4.78 is 4.84. The van der Waals surface area contributed by atoms with Crippen LogP contribution in [0.15, 0.2) is 29.9 Å². The Balaban J connectivity index is 2.57. The molecular formula is C7H6O3S. The van der Waals surface area contributed by atoms with Gasteiger partial charge in [0.1, 0.15) is 0 Å². The van der Waals surface area contributed by atoms with Crippen molar-refractivity contribution in [2.24, 2.45) is 0 Å². The number of rotatable bonds is 3. The van der Waals surface area contributed by atoms with Gasteiger partial charge in [-0.25, -0.2) is 4.79 Å². The van der Waals surface area contributed by atoms with Crippen LogP contribution in [0.1, 0.15) is 0 Å². The quantitative estimate of drug-likeness (QED) is 0.555. The zero-order chi connectivity index (χ0) is 8.27. The van der Waals surface area contributed by atoms with Gasteiger partial charge < -0.3 is 9.84 Å². The summed E-state index contributed by atoms with van der Waals surface area (Å²) >= 11 is 1.32. The van der Waals surface area contributed by atoms with Crippen molar-refractivity contribution in [2.45, 2.75) is 0 Å². The lowest BCUT2D eigenvalue weighted by Crippen LogP contribution is -2.04. The van der Waals surface area contributed by atoms with Gasteiger partial charge in [-0.1, -0.05) is 0 Å². The molecule has 0 amide bonds. The van der Waals surface area contributed by atoms with Crippen LogP contribution in [0.2, 0.25) is 0 Å². The second-order valence-corrected chi connectivity index (χ2v) is 2.67. The Hall–Kier alpha value is -1.29. The van der Waals surface area contributed by atoms with Crippen LogP contribution in [0.4, 0.5) is 0 Å². The zero-order valence-electron chi connectivity index (χ0n) is 5.61. The molecule has 0 aliphatic heterocycles. The molecule has 58 valence electrons. The molecule has 0 atom stereocenters. The third-order valence-electron chi connectivity index (χ3n) is 0.957. The fourth-order valence-electron chi connectivity index (χ4n) is 0.487. The number of carboxylic acid groups (broad SMARTS) is 1. The first kappa shape index (κ1) is 7.81. The molecule has 0 aromatic carbocycles. The second-order valence-electron chi connectivity index (χ2n) is 1.76. The van der Waals surface area contributed by atoms with Gasteiger partial charge in [0.2, 0.25) is 5.76 Å². The van der Waals surface area contributed by atoms with E-state index in [4.69, 9.17) is 9.84 Å². The lowest BCUT2D eigenvalue weighted by molar-refractivity contribution is -0.134. The van der Waals surface area contributed by atoms with Gasteiger partial charge in [0.25, 0.3) is 0 Å². The summed E-state index contributed by atoms with van der Waals surface area (Å²) in [4.78, 5) is 10.2. The molecule has 0 radical (unpaired) electrons. The minimum absolute atomic E-state index is 0.257. The van der Waals surface area contributed by atoms with Gasteiger partial charge in [-0.15, -0.1) is 11.3 Å². The number of hydrogen-bond acceptors (Lipinski definition) is 3. The number of aliphatic carboxylic acids is 1. The van der Waals surface area contributed by atoms with Gasteiger partial charge in [-0.05, 0) is 24.1 Å². The Labute approximate surface area is 67.5 Å². The molecule has 1 N–H and O–H groups in total. The normalized spacial score (nSPS) is 9.09. The van der Waals surface area contributed by atoms with Gasteiger partial charge in [0.15, 0.2) is 5.06 Å². The maximum absolute atomic E-state index is 10.2. The summed E-state index contributed by atoms with van der Waals surface area (Å²) in [6, 6.07) is 3.45. The average Bonchev–Trinajstić information content (AvgIpc) is 2.39. The minimum Gasteiger partial charge on any atom is -0.475 e. The Morgan fingerprint density at radius 3 is 2.91 bits per heavy atom. The van der Waals surface area contributed by atoms with E-state index in [1.54, 1.807) is 17.5 Å². The average molecular weight is 170 g/mol. The van der Waals surface area contributed by atoms with Crippen molar-refractivity contribution >= 4 is 17.3 Å². The Kier molecular flexibility index (Phi) is 2.28. The van der Waals surface area contributed by atoms with Crippen LogP contribution >= 0.6 is 11.3 Å². The van der Waals surface area contributed by atoms with E-state index >= 15 is 0 Å². The van der Waals surface area contributed by atoms with Crippen LogP contribution in [0.3, 0.4) is 0 Å². The molecule has 0 aliphatic rings. The highest BCUT2D eigenvalue weighted by Gasteiger charge is 2.05. The molecule has 4 heteroatoms. The van der Waals surface area contributed by atoms with Crippen molar-refractivity contribution < 1.29 is 14.6 Å². The lowest BCUT2D eigenvalue weighted by atomic mass is 10.6. The van der Waals surface area contributed by atoms with Crippen LogP contribution in [-0.2, 0) is 4.79 Å². The molecule has 1 rings (SSSR count). The fourth-order valence-corrected chi connectivity index (χ4v) is 1.08. The van der Waals surface area contributed by atoms with E-state index in [-0.39, 0.29) is 5.76 Å². The Bertz CT molecular complexity index is 263. The zero-order valence-corrected chi connectivity index (χ0v) is 6.43. The van der Waals surface area contributed by atoms with E-state index in [1.807, 2.05) is 0 Å². The number of thiophene rings is 1. The van der Waals surface area contributed by atoms with Gasteiger partial charge >= 0.3 is 5.97 Å². The van der Waals surface area contributed by atoms with Gasteiger partial charge in [0.05, 0.1) is 0 Å². The molecule has 11 heavy (non-hydrogen) atoms. The van der Waals surface area contributed by atoms with Crippen LogP contribution < -0.4 is 4.74 Å². The predicted octanol–water partition coefficient (Wildman–Crippen LogP) is 1.73. The van der Waals surface area contributed by atoms with Crippen LogP contribution in [0.25, 0.3) is 0 Å². The molecule has 1 heterocycles. The van der Waals surface area contributed by atoms with E-state index < -0.39 is 5.97 Å². The van der Waals surface area contributed by atoms with E-state index in [2.05, 4.69) is 6.58 Å². The molecule has 0 saturated heterocycles. The van der Waals surface area contributed by atoms with Crippen molar-refractivity contribution in [3.05, 3.63) is 29.9 Å².